The zero-order chi connectivity index (χ0) is 26.9. The number of hydrogen-bond acceptors (Lipinski definition) is 4. The Hall–Kier alpha value is -3.06. The Labute approximate surface area is 231 Å². The van der Waals surface area contributed by atoms with E-state index in [0.29, 0.717) is 35.9 Å². The number of nitrogens with zero attached hydrogens (tertiary/aromatic N) is 2. The minimum Gasteiger partial charge on any atom is -0.478 e. The number of nitrogens with one attached hydrogen (secondary N) is 1. The average molecular weight is 534 g/mol. The van der Waals surface area contributed by atoms with Gasteiger partial charge in [-0.05, 0) is 41.5 Å². The number of imidazole rings is 1. The van der Waals surface area contributed by atoms with Crippen molar-refractivity contribution in [2.75, 3.05) is 5.75 Å². The van der Waals surface area contributed by atoms with Gasteiger partial charge in [0.05, 0.1) is 17.8 Å². The van der Waals surface area contributed by atoms with Crippen LogP contribution in [-0.2, 0) is 24.3 Å². The van der Waals surface area contributed by atoms with Crippen LogP contribution in [-0.4, -0.2) is 32.3 Å². The van der Waals surface area contributed by atoms with Gasteiger partial charge in [0.25, 0.3) is 0 Å². The number of carbonyl (C=O) groups is 2. The molecule has 1 aliphatic rings. The molecule has 4 rings (SSSR count). The van der Waals surface area contributed by atoms with Gasteiger partial charge in [-0.3, -0.25) is 4.79 Å². The summed E-state index contributed by atoms with van der Waals surface area (Å²) < 4.78 is 2.17. The van der Waals surface area contributed by atoms with Gasteiger partial charge in [0.15, 0.2) is 0 Å². The summed E-state index contributed by atoms with van der Waals surface area (Å²) in [5, 5.41) is 12.6. The van der Waals surface area contributed by atoms with Crippen LogP contribution in [0.2, 0.25) is 0 Å². The second-order valence-corrected chi connectivity index (χ2v) is 10.8. The van der Waals surface area contributed by atoms with Crippen molar-refractivity contribution in [2.24, 2.45) is 11.8 Å². The monoisotopic (exact) mass is 533 g/mol. The molecule has 0 spiro atoms. The molecule has 1 saturated carbocycles. The highest BCUT2D eigenvalue weighted by atomic mass is 32.1. The van der Waals surface area contributed by atoms with E-state index >= 15 is 0 Å². The molecular weight excluding hydrogens is 494 g/mol. The molecule has 1 amide bonds. The van der Waals surface area contributed by atoms with Crippen molar-refractivity contribution in [3.63, 3.8) is 0 Å². The quantitative estimate of drug-likeness (QED) is 0.223. The fourth-order valence-electron chi connectivity index (χ4n) is 5.41. The Balaban J connectivity index is 1.43. The lowest BCUT2D eigenvalue weighted by molar-refractivity contribution is -0.125. The Morgan fingerprint density at radius 1 is 1.13 bits per heavy atom. The van der Waals surface area contributed by atoms with Crippen LogP contribution in [0.25, 0.3) is 11.1 Å². The van der Waals surface area contributed by atoms with Crippen LogP contribution < -0.4 is 5.32 Å². The smallest absolute Gasteiger partial charge is 0.336 e. The summed E-state index contributed by atoms with van der Waals surface area (Å²) in [6.45, 7) is 3.26. The topological polar surface area (TPSA) is 84.2 Å². The average Bonchev–Trinajstić information content (AvgIpc) is 3.59. The van der Waals surface area contributed by atoms with E-state index < -0.39 is 5.97 Å². The minimum absolute atomic E-state index is 0.0483. The van der Waals surface area contributed by atoms with Gasteiger partial charge < -0.3 is 15.0 Å². The molecule has 1 atom stereocenters. The number of benzene rings is 2. The summed E-state index contributed by atoms with van der Waals surface area (Å²) in [5.74, 6) is 1.35. The number of aromatic carboxylic acids is 1. The molecule has 202 valence electrons. The minimum atomic E-state index is -0.928. The predicted molar refractivity (Wildman–Crippen MR) is 155 cm³/mol. The third kappa shape index (κ3) is 7.28. The highest BCUT2D eigenvalue weighted by Crippen LogP contribution is 2.31. The van der Waals surface area contributed by atoms with Crippen molar-refractivity contribution >= 4 is 24.5 Å². The second kappa shape index (κ2) is 13.7. The molecule has 0 bridgehead atoms. The van der Waals surface area contributed by atoms with Gasteiger partial charge in [-0.1, -0.05) is 81.5 Å². The molecule has 1 unspecified atom stereocenters. The summed E-state index contributed by atoms with van der Waals surface area (Å²) in [6.07, 6.45) is 11.0. The first-order valence-corrected chi connectivity index (χ1v) is 14.5. The Kier molecular flexibility index (Phi) is 10.0. The standard InChI is InChI=1S/C31H39N3O3S/c1-2-3-12-29-33-26(18-32-30(35)25(21-38)17-22-8-4-5-9-22)20-34(29)19-23-13-15-24(16-14-23)27-10-6-7-11-28(27)31(36)37/h6-7,10-11,13-16,20,22,25,38H,2-5,8-9,12,17-19,21H2,1H3,(H,32,35)(H,36,37). The van der Waals surface area contributed by atoms with Crippen LogP contribution in [0.5, 0.6) is 0 Å². The number of carbonyl (C=O) groups excluding carboxylic acids is 1. The Morgan fingerprint density at radius 2 is 1.87 bits per heavy atom. The Morgan fingerprint density at radius 3 is 2.55 bits per heavy atom. The third-order valence-corrected chi connectivity index (χ3v) is 8.01. The SMILES string of the molecule is CCCCc1nc(CNC(=O)C(CS)CC2CCCC2)cn1Cc1ccc(-c2ccccc2C(=O)O)cc1. The first-order chi connectivity index (χ1) is 18.5. The molecule has 2 aromatic carbocycles. The lowest BCUT2D eigenvalue weighted by Crippen LogP contribution is -2.32. The summed E-state index contributed by atoms with van der Waals surface area (Å²) in [4.78, 5) is 29.4. The first-order valence-electron chi connectivity index (χ1n) is 13.8. The number of rotatable bonds is 13. The number of carboxylic acid groups (broad SMARTS) is 1. The van der Waals surface area contributed by atoms with E-state index in [9.17, 15) is 14.7 Å². The van der Waals surface area contributed by atoms with Crippen molar-refractivity contribution in [3.8, 4) is 11.1 Å². The summed E-state index contributed by atoms with van der Waals surface area (Å²) in [5.41, 5.74) is 3.87. The van der Waals surface area contributed by atoms with Gasteiger partial charge in [0, 0.05) is 30.8 Å². The van der Waals surface area contributed by atoms with E-state index in [4.69, 9.17) is 4.98 Å². The third-order valence-electron chi connectivity index (χ3n) is 7.57. The van der Waals surface area contributed by atoms with Gasteiger partial charge in [0.1, 0.15) is 5.82 Å². The fraction of sp³-hybridized carbons (Fsp3) is 0.452. The molecule has 1 aromatic heterocycles. The number of amides is 1. The van der Waals surface area contributed by atoms with Gasteiger partial charge in [0.2, 0.25) is 5.91 Å². The lowest BCUT2D eigenvalue weighted by atomic mass is 9.94. The molecule has 38 heavy (non-hydrogen) atoms. The highest BCUT2D eigenvalue weighted by Gasteiger charge is 2.24. The van der Waals surface area contributed by atoms with Crippen LogP contribution in [0.1, 0.15) is 79.3 Å². The van der Waals surface area contributed by atoms with E-state index in [1.807, 2.05) is 42.6 Å². The maximum absolute atomic E-state index is 12.9. The van der Waals surface area contributed by atoms with Crippen LogP contribution >= 0.6 is 12.6 Å². The summed E-state index contributed by atoms with van der Waals surface area (Å²) in [6, 6.07) is 15.1. The van der Waals surface area contributed by atoms with E-state index in [2.05, 4.69) is 29.4 Å². The predicted octanol–water partition coefficient (Wildman–Crippen LogP) is 6.38. The zero-order valence-corrected chi connectivity index (χ0v) is 23.1. The van der Waals surface area contributed by atoms with E-state index in [1.165, 1.54) is 25.7 Å². The maximum Gasteiger partial charge on any atom is 0.336 e. The molecule has 0 radical (unpaired) electrons. The number of thiol groups is 1. The highest BCUT2D eigenvalue weighted by molar-refractivity contribution is 7.80. The molecule has 3 aromatic rings. The zero-order valence-electron chi connectivity index (χ0n) is 22.2. The normalized spacial score (nSPS) is 14.5. The number of aryl methyl sites for hydroxylation is 1. The van der Waals surface area contributed by atoms with Gasteiger partial charge in [-0.25, -0.2) is 9.78 Å². The van der Waals surface area contributed by atoms with Crippen molar-refractivity contribution in [3.05, 3.63) is 77.4 Å². The maximum atomic E-state index is 12.9. The van der Waals surface area contributed by atoms with Gasteiger partial charge in [-0.2, -0.15) is 12.6 Å². The molecule has 1 heterocycles. The summed E-state index contributed by atoms with van der Waals surface area (Å²) in [7, 11) is 0. The van der Waals surface area contributed by atoms with Crippen molar-refractivity contribution in [1.82, 2.24) is 14.9 Å². The van der Waals surface area contributed by atoms with E-state index in [0.717, 1.165) is 48.3 Å². The summed E-state index contributed by atoms with van der Waals surface area (Å²) >= 11 is 4.46. The van der Waals surface area contributed by atoms with Crippen molar-refractivity contribution < 1.29 is 14.7 Å². The molecule has 1 fully saturated rings. The van der Waals surface area contributed by atoms with Crippen molar-refractivity contribution in [2.45, 2.75) is 71.4 Å². The largest absolute Gasteiger partial charge is 0.478 e. The van der Waals surface area contributed by atoms with Crippen LogP contribution in [0.15, 0.2) is 54.7 Å². The number of aromatic nitrogens is 2. The number of carboxylic acids is 1. The molecule has 7 heteroatoms. The first kappa shape index (κ1) is 28.0. The molecule has 6 nitrogen and oxygen atoms in total. The lowest BCUT2D eigenvalue weighted by Gasteiger charge is -2.18. The van der Waals surface area contributed by atoms with Crippen LogP contribution in [0.4, 0.5) is 0 Å². The van der Waals surface area contributed by atoms with Crippen molar-refractivity contribution in [1.29, 1.82) is 0 Å². The van der Waals surface area contributed by atoms with E-state index in [-0.39, 0.29) is 11.8 Å². The second-order valence-electron chi connectivity index (χ2n) is 10.4. The van der Waals surface area contributed by atoms with Crippen LogP contribution in [0, 0.1) is 11.8 Å². The molecule has 0 saturated heterocycles. The molecular formula is C31H39N3O3S. The fourth-order valence-corrected chi connectivity index (χ4v) is 5.73. The molecule has 2 N–H and O–H groups in total. The number of unbranched alkanes of at least 4 members (excludes halogenated alkanes) is 1. The van der Waals surface area contributed by atoms with Gasteiger partial charge in [-0.15, -0.1) is 0 Å². The van der Waals surface area contributed by atoms with Gasteiger partial charge >= 0.3 is 5.97 Å². The molecule has 1 aliphatic carbocycles. The number of hydrogen-bond donors (Lipinski definition) is 3. The van der Waals surface area contributed by atoms with Crippen LogP contribution in [0.3, 0.4) is 0 Å². The Bertz CT molecular complexity index is 1220. The molecule has 0 aliphatic heterocycles. The van der Waals surface area contributed by atoms with E-state index in [1.54, 1.807) is 12.1 Å².